The van der Waals surface area contributed by atoms with Crippen LogP contribution in [0, 0.1) is 6.92 Å². The minimum atomic E-state index is -0.395. The molecule has 2 aromatic heterocycles. The number of rotatable bonds is 7. The molecule has 0 saturated carbocycles. The summed E-state index contributed by atoms with van der Waals surface area (Å²) in [4.78, 5) is 39.2. The molecule has 1 spiro atoms. The van der Waals surface area contributed by atoms with Gasteiger partial charge in [-0.05, 0) is 63.7 Å². The number of likely N-dealkylation sites (N-methyl/N-ethyl adjacent to an activating group) is 1. The van der Waals surface area contributed by atoms with E-state index in [9.17, 15) is 9.59 Å². The zero-order chi connectivity index (χ0) is 26.9. The Kier molecular flexibility index (Phi) is 7.07. The molecule has 4 heterocycles. The molecule has 10 heteroatoms. The molecule has 3 aromatic rings. The number of nitrogens with zero attached hydrogens (tertiary/aromatic N) is 6. The van der Waals surface area contributed by atoms with E-state index in [0.717, 1.165) is 28.1 Å². The van der Waals surface area contributed by atoms with Crippen molar-refractivity contribution in [3.8, 4) is 16.9 Å². The lowest BCUT2D eigenvalue weighted by atomic mass is 9.86. The summed E-state index contributed by atoms with van der Waals surface area (Å²) < 4.78 is 5.42. The first-order chi connectivity index (χ1) is 18.3. The first-order valence-corrected chi connectivity index (χ1v) is 12.9. The van der Waals surface area contributed by atoms with Gasteiger partial charge in [-0.2, -0.15) is 5.10 Å². The number of H-pyrrole nitrogens is 1. The van der Waals surface area contributed by atoms with E-state index in [0.29, 0.717) is 51.4 Å². The van der Waals surface area contributed by atoms with E-state index in [1.54, 1.807) is 18.2 Å². The maximum atomic E-state index is 14.0. The number of aromatic amines is 1. The van der Waals surface area contributed by atoms with Crippen LogP contribution >= 0.6 is 0 Å². The Morgan fingerprint density at radius 2 is 1.97 bits per heavy atom. The Labute approximate surface area is 223 Å². The molecule has 0 unspecified atom stereocenters. The van der Waals surface area contributed by atoms with Crippen LogP contribution in [-0.2, 0) is 11.3 Å². The number of methoxy groups -OCH3 is 1. The Morgan fingerprint density at radius 1 is 1.18 bits per heavy atom. The molecule has 0 radical (unpaired) electrons. The fraction of sp³-hybridized carbons (Fsp3) is 0.429. The van der Waals surface area contributed by atoms with Crippen LogP contribution < -0.4 is 9.64 Å². The third-order valence-corrected chi connectivity index (χ3v) is 7.62. The predicted octanol–water partition coefficient (Wildman–Crippen LogP) is 3.15. The number of hydrogen-bond acceptors (Lipinski definition) is 6. The Balaban J connectivity index is 1.43. The van der Waals surface area contributed by atoms with Crippen LogP contribution in [0.2, 0.25) is 0 Å². The van der Waals surface area contributed by atoms with Gasteiger partial charge in [-0.3, -0.25) is 14.8 Å². The molecule has 200 valence electrons. The number of carbonyl (C=O) groups excluding carboxylic acids is 2. The zero-order valence-electron chi connectivity index (χ0n) is 22.5. The molecule has 3 amide bonds. The van der Waals surface area contributed by atoms with Crippen LogP contribution in [0.15, 0.2) is 48.8 Å². The van der Waals surface area contributed by atoms with Crippen molar-refractivity contribution in [2.75, 3.05) is 52.3 Å². The summed E-state index contributed by atoms with van der Waals surface area (Å²) in [6.07, 6.45) is 5.02. The number of anilines is 1. The van der Waals surface area contributed by atoms with Crippen LogP contribution in [0.1, 0.15) is 24.1 Å². The number of likely N-dealkylation sites (tertiary alicyclic amines) is 1. The summed E-state index contributed by atoms with van der Waals surface area (Å²) in [6, 6.07) is 11.7. The fourth-order valence-electron chi connectivity index (χ4n) is 5.54. The molecule has 1 N–H and O–H groups in total. The smallest absolute Gasteiger partial charge is 0.326 e. The molecule has 2 aliphatic rings. The van der Waals surface area contributed by atoms with Gasteiger partial charge in [0.2, 0.25) is 5.91 Å². The normalized spacial score (nSPS) is 17.1. The van der Waals surface area contributed by atoms with E-state index < -0.39 is 5.54 Å². The molecular formula is C28H35N7O3. The molecule has 2 fully saturated rings. The van der Waals surface area contributed by atoms with Crippen molar-refractivity contribution in [3.05, 3.63) is 60.0 Å². The van der Waals surface area contributed by atoms with E-state index in [1.165, 1.54) is 0 Å². The Morgan fingerprint density at radius 3 is 2.63 bits per heavy atom. The molecular weight excluding hydrogens is 482 g/mol. The van der Waals surface area contributed by atoms with Crippen molar-refractivity contribution in [2.45, 2.75) is 31.8 Å². The number of benzene rings is 1. The summed E-state index contributed by atoms with van der Waals surface area (Å²) >= 11 is 0. The lowest BCUT2D eigenvalue weighted by Crippen LogP contribution is -2.55. The van der Waals surface area contributed by atoms with Crippen molar-refractivity contribution in [1.29, 1.82) is 0 Å². The number of amides is 3. The average Bonchev–Trinajstić information content (AvgIpc) is 3.52. The second-order valence-electron chi connectivity index (χ2n) is 10.4. The molecule has 38 heavy (non-hydrogen) atoms. The van der Waals surface area contributed by atoms with Gasteiger partial charge in [-0.25, -0.2) is 9.78 Å². The topological polar surface area (TPSA) is 97.9 Å². The van der Waals surface area contributed by atoms with Gasteiger partial charge in [0.25, 0.3) is 0 Å². The maximum Gasteiger partial charge on any atom is 0.326 e. The lowest BCUT2D eigenvalue weighted by Gasteiger charge is -2.44. The minimum absolute atomic E-state index is 0.0659. The van der Waals surface area contributed by atoms with E-state index in [1.807, 2.05) is 78.3 Å². The first-order valence-electron chi connectivity index (χ1n) is 12.9. The monoisotopic (exact) mass is 517 g/mol. The molecule has 0 bridgehead atoms. The van der Waals surface area contributed by atoms with Crippen LogP contribution in [0.3, 0.4) is 0 Å². The Hall–Kier alpha value is -3.92. The molecule has 5 rings (SSSR count). The van der Waals surface area contributed by atoms with Crippen LogP contribution in [-0.4, -0.2) is 94.7 Å². The van der Waals surface area contributed by atoms with Gasteiger partial charge in [0.05, 0.1) is 31.9 Å². The van der Waals surface area contributed by atoms with Crippen molar-refractivity contribution in [1.82, 2.24) is 29.9 Å². The third kappa shape index (κ3) is 4.96. The second kappa shape index (κ2) is 10.4. The quantitative estimate of drug-likeness (QED) is 0.517. The van der Waals surface area contributed by atoms with Crippen LogP contribution in [0.25, 0.3) is 11.1 Å². The van der Waals surface area contributed by atoms with Crippen LogP contribution in [0.5, 0.6) is 5.75 Å². The van der Waals surface area contributed by atoms with Crippen molar-refractivity contribution in [3.63, 3.8) is 0 Å². The van der Waals surface area contributed by atoms with Gasteiger partial charge in [0.15, 0.2) is 0 Å². The molecule has 2 saturated heterocycles. The van der Waals surface area contributed by atoms with Gasteiger partial charge in [0, 0.05) is 42.7 Å². The number of aromatic nitrogens is 3. The lowest BCUT2D eigenvalue weighted by molar-refractivity contribution is -0.134. The highest BCUT2D eigenvalue weighted by Crippen LogP contribution is 2.39. The van der Waals surface area contributed by atoms with Gasteiger partial charge in [-0.15, -0.1) is 0 Å². The first kappa shape index (κ1) is 25.7. The van der Waals surface area contributed by atoms with E-state index in [-0.39, 0.29) is 11.9 Å². The summed E-state index contributed by atoms with van der Waals surface area (Å²) in [5.74, 6) is 1.52. The fourth-order valence-corrected chi connectivity index (χ4v) is 5.54. The average molecular weight is 518 g/mol. The third-order valence-electron chi connectivity index (χ3n) is 7.62. The molecule has 10 nitrogen and oxygen atoms in total. The molecule has 0 aliphatic carbocycles. The number of urea groups is 1. The van der Waals surface area contributed by atoms with E-state index in [2.05, 4.69) is 10.2 Å². The van der Waals surface area contributed by atoms with E-state index in [4.69, 9.17) is 9.72 Å². The van der Waals surface area contributed by atoms with E-state index >= 15 is 0 Å². The zero-order valence-corrected chi connectivity index (χ0v) is 22.5. The van der Waals surface area contributed by atoms with Gasteiger partial charge in [0.1, 0.15) is 11.6 Å². The SMILES string of the molecule is COc1cccc(CN2C(=O)N(c3ccc(-c4cn[nH]c4)c(C)n3)CC23CCN(C(=O)CN(C)C)CC3)c1. The number of aryl methyl sites for hydroxylation is 1. The van der Waals surface area contributed by atoms with Crippen LogP contribution in [0.4, 0.5) is 10.6 Å². The number of carbonyl (C=O) groups is 2. The van der Waals surface area contributed by atoms with Gasteiger partial charge in [-0.1, -0.05) is 12.1 Å². The van der Waals surface area contributed by atoms with Crippen molar-refractivity contribution < 1.29 is 14.3 Å². The number of hydrogen-bond donors (Lipinski definition) is 1. The highest BCUT2D eigenvalue weighted by atomic mass is 16.5. The summed E-state index contributed by atoms with van der Waals surface area (Å²) in [6.45, 7) is 4.57. The molecule has 1 aromatic carbocycles. The van der Waals surface area contributed by atoms with Crippen molar-refractivity contribution >= 4 is 17.8 Å². The summed E-state index contributed by atoms with van der Waals surface area (Å²) in [5, 5.41) is 6.88. The number of pyridine rings is 1. The predicted molar refractivity (Wildman–Crippen MR) is 145 cm³/mol. The molecule has 2 aliphatic heterocycles. The highest BCUT2D eigenvalue weighted by molar-refractivity contribution is 5.95. The van der Waals surface area contributed by atoms with Gasteiger partial charge >= 0.3 is 6.03 Å². The number of nitrogens with one attached hydrogen (secondary N) is 1. The Bertz CT molecular complexity index is 1300. The largest absolute Gasteiger partial charge is 0.497 e. The molecule has 0 atom stereocenters. The maximum absolute atomic E-state index is 14.0. The summed E-state index contributed by atoms with van der Waals surface area (Å²) in [5.41, 5.74) is 3.38. The summed E-state index contributed by atoms with van der Waals surface area (Å²) in [7, 11) is 5.45. The van der Waals surface area contributed by atoms with Gasteiger partial charge < -0.3 is 19.4 Å². The number of ether oxygens (including phenoxy) is 1. The second-order valence-corrected chi connectivity index (χ2v) is 10.4. The minimum Gasteiger partial charge on any atom is -0.497 e. The standard InChI is InChI=1S/C28H35N7O3/c1-20-24(22-15-29-30-16-22)8-9-25(31-20)34-19-28(10-12-33(13-11-28)26(36)18-32(2)3)35(27(34)37)17-21-6-5-7-23(14-21)38-4/h5-9,14-16H,10-13,17-19H2,1-4H3,(H,29,30). The highest BCUT2D eigenvalue weighted by Gasteiger charge is 2.52. The van der Waals surface area contributed by atoms with Crippen molar-refractivity contribution in [2.24, 2.45) is 0 Å². The number of piperidine rings is 1.